The van der Waals surface area contributed by atoms with Crippen molar-refractivity contribution >= 4 is 17.6 Å². The van der Waals surface area contributed by atoms with E-state index in [0.717, 1.165) is 0 Å². The van der Waals surface area contributed by atoms with E-state index in [-0.39, 0.29) is 22.1 Å². The SMILES string of the molecule is CCC(C#N)Oc1c(Cl)cc(C(=O)O)cc1OC. The minimum atomic E-state index is -1.12. The van der Waals surface area contributed by atoms with E-state index in [1.54, 1.807) is 6.92 Å². The van der Waals surface area contributed by atoms with E-state index in [0.29, 0.717) is 6.42 Å². The minimum absolute atomic E-state index is 0.00536. The highest BCUT2D eigenvalue weighted by molar-refractivity contribution is 6.32. The van der Waals surface area contributed by atoms with Gasteiger partial charge in [0, 0.05) is 0 Å². The van der Waals surface area contributed by atoms with Gasteiger partial charge < -0.3 is 14.6 Å². The van der Waals surface area contributed by atoms with Gasteiger partial charge in [0.05, 0.1) is 17.7 Å². The summed E-state index contributed by atoms with van der Waals surface area (Å²) in [6.45, 7) is 1.79. The topological polar surface area (TPSA) is 79.5 Å². The van der Waals surface area contributed by atoms with Crippen LogP contribution >= 0.6 is 11.6 Å². The lowest BCUT2D eigenvalue weighted by atomic mass is 10.2. The molecule has 0 aliphatic heterocycles. The van der Waals surface area contributed by atoms with Gasteiger partial charge in [-0.25, -0.2) is 4.79 Å². The molecular formula is C12H12ClNO4. The molecule has 96 valence electrons. The van der Waals surface area contributed by atoms with Crippen LogP contribution in [-0.2, 0) is 0 Å². The largest absolute Gasteiger partial charge is 0.493 e. The molecule has 1 rings (SSSR count). The van der Waals surface area contributed by atoms with Crippen molar-refractivity contribution in [2.45, 2.75) is 19.4 Å². The van der Waals surface area contributed by atoms with E-state index in [1.807, 2.05) is 6.07 Å². The molecule has 0 spiro atoms. The summed E-state index contributed by atoms with van der Waals surface area (Å²) in [5, 5.41) is 17.8. The molecule has 0 fully saturated rings. The van der Waals surface area contributed by atoms with Crippen LogP contribution in [0, 0.1) is 11.3 Å². The summed E-state index contributed by atoms with van der Waals surface area (Å²) in [6, 6.07) is 4.52. The van der Waals surface area contributed by atoms with Crippen LogP contribution in [0.3, 0.4) is 0 Å². The molecule has 0 saturated heterocycles. The summed E-state index contributed by atoms with van der Waals surface area (Å²) in [7, 11) is 1.37. The minimum Gasteiger partial charge on any atom is -0.493 e. The number of rotatable bonds is 5. The Labute approximate surface area is 109 Å². The van der Waals surface area contributed by atoms with Crippen molar-refractivity contribution in [3.05, 3.63) is 22.7 Å². The number of halogens is 1. The molecule has 0 saturated carbocycles. The molecule has 0 bridgehead atoms. The summed E-state index contributed by atoms with van der Waals surface area (Å²) >= 11 is 5.94. The molecule has 18 heavy (non-hydrogen) atoms. The van der Waals surface area contributed by atoms with Crippen molar-refractivity contribution in [2.24, 2.45) is 0 Å². The molecule has 0 aromatic heterocycles. The van der Waals surface area contributed by atoms with Crippen molar-refractivity contribution in [1.82, 2.24) is 0 Å². The van der Waals surface area contributed by atoms with Crippen molar-refractivity contribution in [3.63, 3.8) is 0 Å². The van der Waals surface area contributed by atoms with Gasteiger partial charge in [0.1, 0.15) is 6.07 Å². The van der Waals surface area contributed by atoms with Crippen LogP contribution < -0.4 is 9.47 Å². The highest BCUT2D eigenvalue weighted by Gasteiger charge is 2.18. The number of nitriles is 1. The maximum atomic E-state index is 10.9. The van der Waals surface area contributed by atoms with Crippen LogP contribution in [-0.4, -0.2) is 24.3 Å². The third-order valence-electron chi connectivity index (χ3n) is 2.25. The first-order valence-electron chi connectivity index (χ1n) is 5.20. The Morgan fingerprint density at radius 1 is 1.61 bits per heavy atom. The number of hydrogen-bond donors (Lipinski definition) is 1. The first kappa shape index (κ1) is 14.1. The monoisotopic (exact) mass is 269 g/mol. The zero-order valence-corrected chi connectivity index (χ0v) is 10.7. The number of benzene rings is 1. The molecule has 1 unspecified atom stereocenters. The van der Waals surface area contributed by atoms with Crippen LogP contribution in [0.5, 0.6) is 11.5 Å². The maximum absolute atomic E-state index is 10.9. The van der Waals surface area contributed by atoms with Crippen LogP contribution in [0.2, 0.25) is 5.02 Å². The van der Waals surface area contributed by atoms with Gasteiger partial charge in [0.25, 0.3) is 0 Å². The molecule has 0 amide bonds. The van der Waals surface area contributed by atoms with Crippen LogP contribution in [0.1, 0.15) is 23.7 Å². The number of carboxylic acids is 1. The lowest BCUT2D eigenvalue weighted by Crippen LogP contribution is -2.13. The van der Waals surface area contributed by atoms with Crippen molar-refractivity contribution in [1.29, 1.82) is 5.26 Å². The number of methoxy groups -OCH3 is 1. The average molecular weight is 270 g/mol. The zero-order valence-electron chi connectivity index (χ0n) is 9.94. The summed E-state index contributed by atoms with van der Waals surface area (Å²) in [5.41, 5.74) is -0.00536. The fourth-order valence-corrected chi connectivity index (χ4v) is 1.56. The fraction of sp³-hybridized carbons (Fsp3) is 0.333. The zero-order chi connectivity index (χ0) is 13.7. The van der Waals surface area contributed by atoms with Crippen molar-refractivity contribution in [3.8, 4) is 17.6 Å². The third-order valence-corrected chi connectivity index (χ3v) is 2.53. The van der Waals surface area contributed by atoms with E-state index >= 15 is 0 Å². The Morgan fingerprint density at radius 3 is 2.72 bits per heavy atom. The molecular weight excluding hydrogens is 258 g/mol. The molecule has 6 heteroatoms. The lowest BCUT2D eigenvalue weighted by Gasteiger charge is -2.15. The van der Waals surface area contributed by atoms with Gasteiger partial charge in [-0.1, -0.05) is 18.5 Å². The predicted octanol–water partition coefficient (Wildman–Crippen LogP) is 2.73. The molecule has 1 N–H and O–H groups in total. The van der Waals surface area contributed by atoms with Gasteiger partial charge in [-0.2, -0.15) is 5.26 Å². The van der Waals surface area contributed by atoms with Gasteiger partial charge in [0.2, 0.25) is 0 Å². The fourth-order valence-electron chi connectivity index (χ4n) is 1.30. The summed E-state index contributed by atoms with van der Waals surface area (Å²) in [4.78, 5) is 10.9. The Balaban J connectivity index is 3.19. The molecule has 0 heterocycles. The molecule has 0 aliphatic rings. The first-order chi connectivity index (χ1) is 8.53. The van der Waals surface area contributed by atoms with E-state index in [4.69, 9.17) is 31.4 Å². The summed E-state index contributed by atoms with van der Waals surface area (Å²) < 4.78 is 10.4. The van der Waals surface area contributed by atoms with Gasteiger partial charge >= 0.3 is 5.97 Å². The third kappa shape index (κ3) is 3.05. The Hall–Kier alpha value is -1.93. The molecule has 0 radical (unpaired) electrons. The van der Waals surface area contributed by atoms with Gasteiger partial charge in [0.15, 0.2) is 17.6 Å². The highest BCUT2D eigenvalue weighted by atomic mass is 35.5. The maximum Gasteiger partial charge on any atom is 0.335 e. The summed E-state index contributed by atoms with van der Waals surface area (Å²) in [5.74, 6) is -0.750. The molecule has 1 aromatic carbocycles. The smallest absolute Gasteiger partial charge is 0.335 e. The second-order valence-corrected chi connectivity index (χ2v) is 3.85. The van der Waals surface area contributed by atoms with Crippen LogP contribution in [0.4, 0.5) is 0 Å². The number of ether oxygens (including phenoxy) is 2. The number of carbonyl (C=O) groups is 1. The summed E-state index contributed by atoms with van der Waals surface area (Å²) in [6.07, 6.45) is -0.177. The number of carboxylic acid groups (broad SMARTS) is 1. The van der Waals surface area contributed by atoms with Crippen LogP contribution in [0.15, 0.2) is 12.1 Å². The second-order valence-electron chi connectivity index (χ2n) is 3.44. The number of nitrogens with zero attached hydrogens (tertiary/aromatic N) is 1. The lowest BCUT2D eigenvalue weighted by molar-refractivity contribution is 0.0696. The van der Waals surface area contributed by atoms with E-state index in [9.17, 15) is 4.79 Å². The van der Waals surface area contributed by atoms with Crippen molar-refractivity contribution < 1.29 is 19.4 Å². The van der Waals surface area contributed by atoms with E-state index in [1.165, 1.54) is 19.2 Å². The van der Waals surface area contributed by atoms with Gasteiger partial charge in [-0.15, -0.1) is 0 Å². The quantitative estimate of drug-likeness (QED) is 0.889. The van der Waals surface area contributed by atoms with E-state index < -0.39 is 12.1 Å². The second kappa shape index (κ2) is 6.12. The van der Waals surface area contributed by atoms with E-state index in [2.05, 4.69) is 0 Å². The van der Waals surface area contributed by atoms with Gasteiger partial charge in [-0.05, 0) is 18.6 Å². The molecule has 1 aromatic rings. The molecule has 5 nitrogen and oxygen atoms in total. The average Bonchev–Trinajstić information content (AvgIpc) is 2.36. The van der Waals surface area contributed by atoms with Gasteiger partial charge in [-0.3, -0.25) is 0 Å². The van der Waals surface area contributed by atoms with Crippen LogP contribution in [0.25, 0.3) is 0 Å². The highest BCUT2D eigenvalue weighted by Crippen LogP contribution is 2.37. The number of hydrogen-bond acceptors (Lipinski definition) is 4. The Morgan fingerprint density at radius 2 is 2.28 bits per heavy atom. The Bertz CT molecular complexity index is 496. The molecule has 1 atom stereocenters. The first-order valence-corrected chi connectivity index (χ1v) is 5.58. The molecule has 0 aliphatic carbocycles. The number of aromatic carboxylic acids is 1. The van der Waals surface area contributed by atoms with Crippen molar-refractivity contribution in [2.75, 3.05) is 7.11 Å². The standard InChI is InChI=1S/C12H12ClNO4/c1-3-8(6-14)18-11-9(13)4-7(12(15)16)5-10(11)17-2/h4-5,8H,3H2,1-2H3,(H,15,16). The predicted molar refractivity (Wildman–Crippen MR) is 65.3 cm³/mol. The Kier molecular flexibility index (Phi) is 4.81. The normalized spacial score (nSPS) is 11.4.